The summed E-state index contributed by atoms with van der Waals surface area (Å²) in [5.74, 6) is -0.204. The minimum absolute atomic E-state index is 0.0383. The Hall–Kier alpha value is -1.05. The van der Waals surface area contributed by atoms with Gasteiger partial charge in [-0.3, -0.25) is 10.1 Å². The molecule has 0 aromatic carbocycles. The molecule has 6 nitrogen and oxygen atoms in total. The van der Waals surface area contributed by atoms with Gasteiger partial charge in [0.05, 0.1) is 6.04 Å². The highest BCUT2D eigenvalue weighted by atomic mass is 32.1. The number of aromatic nitrogens is 2. The lowest BCUT2D eigenvalue weighted by Crippen LogP contribution is -2.16. The smallest absolute Gasteiger partial charge is 0.252 e. The maximum Gasteiger partial charge on any atom is 0.252 e. The number of rotatable bonds is 4. The summed E-state index contributed by atoms with van der Waals surface area (Å²) in [5.41, 5.74) is 0. The third-order valence-corrected chi connectivity index (χ3v) is 3.27. The highest BCUT2D eigenvalue weighted by Crippen LogP contribution is 2.27. The third-order valence-electron chi connectivity index (χ3n) is 2.32. The molecule has 1 aromatic heterocycles. The van der Waals surface area contributed by atoms with Gasteiger partial charge in [0.1, 0.15) is 11.6 Å². The molecule has 0 radical (unpaired) electrons. The molecule has 2 N–H and O–H groups in total. The molecule has 0 spiro atoms. The Morgan fingerprint density at radius 3 is 3.25 bits per heavy atom. The second kappa shape index (κ2) is 5.33. The first-order valence-electron chi connectivity index (χ1n) is 5.15. The van der Waals surface area contributed by atoms with E-state index in [-0.39, 0.29) is 12.5 Å². The van der Waals surface area contributed by atoms with E-state index in [4.69, 9.17) is 4.74 Å². The average molecular weight is 242 g/mol. The van der Waals surface area contributed by atoms with Crippen molar-refractivity contribution >= 4 is 22.4 Å². The first-order chi connectivity index (χ1) is 7.79. The Morgan fingerprint density at radius 2 is 2.56 bits per heavy atom. The van der Waals surface area contributed by atoms with Crippen molar-refractivity contribution in [3.63, 3.8) is 0 Å². The van der Waals surface area contributed by atoms with Crippen LogP contribution < -0.4 is 10.6 Å². The predicted molar refractivity (Wildman–Crippen MR) is 60.4 cm³/mol. The van der Waals surface area contributed by atoms with Crippen molar-refractivity contribution < 1.29 is 9.53 Å². The number of hydrogen-bond donors (Lipinski definition) is 2. The molecule has 1 amide bonds. The van der Waals surface area contributed by atoms with Crippen LogP contribution in [0.2, 0.25) is 0 Å². The van der Waals surface area contributed by atoms with Crippen LogP contribution in [-0.2, 0) is 9.53 Å². The lowest BCUT2D eigenvalue weighted by Gasteiger charge is -2.03. The van der Waals surface area contributed by atoms with Gasteiger partial charge in [-0.25, -0.2) is 0 Å². The Bertz CT molecular complexity index is 362. The zero-order valence-electron chi connectivity index (χ0n) is 9.02. The van der Waals surface area contributed by atoms with E-state index >= 15 is 0 Å². The maximum atomic E-state index is 11.2. The number of hydrogen-bond acceptors (Lipinski definition) is 6. The third kappa shape index (κ3) is 2.75. The second-order valence-electron chi connectivity index (χ2n) is 3.58. The summed E-state index contributed by atoms with van der Waals surface area (Å²) < 4.78 is 4.71. The molecule has 1 aromatic rings. The Labute approximate surface area is 97.4 Å². The van der Waals surface area contributed by atoms with Crippen LogP contribution in [0.3, 0.4) is 0 Å². The molecule has 2 rings (SSSR count). The zero-order valence-corrected chi connectivity index (χ0v) is 9.84. The fourth-order valence-corrected chi connectivity index (χ4v) is 2.48. The van der Waals surface area contributed by atoms with Crippen LogP contribution in [0.4, 0.5) is 5.13 Å². The van der Waals surface area contributed by atoms with Crippen molar-refractivity contribution in [3.8, 4) is 0 Å². The van der Waals surface area contributed by atoms with E-state index in [9.17, 15) is 4.79 Å². The Morgan fingerprint density at radius 1 is 1.69 bits per heavy atom. The number of carbonyl (C=O) groups is 1. The van der Waals surface area contributed by atoms with Gasteiger partial charge in [0, 0.05) is 7.11 Å². The number of nitrogens with one attached hydrogen (secondary N) is 2. The summed E-state index contributed by atoms with van der Waals surface area (Å²) in [4.78, 5) is 11.2. The number of amides is 1. The summed E-state index contributed by atoms with van der Waals surface area (Å²) in [7, 11) is 1.48. The first-order valence-corrected chi connectivity index (χ1v) is 5.97. The summed E-state index contributed by atoms with van der Waals surface area (Å²) in [6, 6.07) is 0.297. The van der Waals surface area contributed by atoms with E-state index in [0.29, 0.717) is 11.2 Å². The second-order valence-corrected chi connectivity index (χ2v) is 4.58. The van der Waals surface area contributed by atoms with Crippen LogP contribution in [0.15, 0.2) is 0 Å². The summed E-state index contributed by atoms with van der Waals surface area (Å²) in [6.45, 7) is 1.06. The highest BCUT2D eigenvalue weighted by molar-refractivity contribution is 7.15. The molecular formula is C9H14N4O2S. The van der Waals surface area contributed by atoms with Gasteiger partial charge in [0.2, 0.25) is 5.13 Å². The number of methoxy groups -OCH3 is 1. The molecule has 2 heterocycles. The monoisotopic (exact) mass is 242 g/mol. The predicted octanol–water partition coefficient (Wildman–Crippen LogP) is 0.547. The maximum absolute atomic E-state index is 11.2. The van der Waals surface area contributed by atoms with Crippen LogP contribution >= 0.6 is 11.3 Å². The number of nitrogens with zero attached hydrogens (tertiary/aromatic N) is 2. The fraction of sp³-hybridized carbons (Fsp3) is 0.667. The molecular weight excluding hydrogens is 228 g/mol. The van der Waals surface area contributed by atoms with Gasteiger partial charge >= 0.3 is 0 Å². The molecule has 1 atom stereocenters. The molecule has 1 aliphatic heterocycles. The number of carbonyl (C=O) groups excluding carboxylic acids is 1. The van der Waals surface area contributed by atoms with Gasteiger partial charge in [0.15, 0.2) is 0 Å². The van der Waals surface area contributed by atoms with Crippen LogP contribution in [0.25, 0.3) is 0 Å². The average Bonchev–Trinajstić information content (AvgIpc) is 2.86. The SMILES string of the molecule is COCC(=O)Nc1nnc(C2CCCN2)s1. The van der Waals surface area contributed by atoms with Gasteiger partial charge in [0.25, 0.3) is 5.91 Å². The Kier molecular flexibility index (Phi) is 3.81. The van der Waals surface area contributed by atoms with E-state index in [1.807, 2.05) is 0 Å². The number of anilines is 1. The van der Waals surface area contributed by atoms with Crippen LogP contribution in [-0.4, -0.2) is 36.4 Å². The van der Waals surface area contributed by atoms with Crippen LogP contribution in [0, 0.1) is 0 Å². The largest absolute Gasteiger partial charge is 0.375 e. The van der Waals surface area contributed by atoms with Gasteiger partial charge in [-0.15, -0.1) is 10.2 Å². The molecule has 16 heavy (non-hydrogen) atoms. The zero-order chi connectivity index (χ0) is 11.4. The summed E-state index contributed by atoms with van der Waals surface area (Å²) in [6.07, 6.45) is 2.25. The summed E-state index contributed by atoms with van der Waals surface area (Å²) >= 11 is 1.41. The van der Waals surface area contributed by atoms with Crippen molar-refractivity contribution in [2.24, 2.45) is 0 Å². The van der Waals surface area contributed by atoms with Crippen molar-refractivity contribution in [2.75, 3.05) is 25.6 Å². The number of ether oxygens (including phenoxy) is 1. The van der Waals surface area contributed by atoms with E-state index in [0.717, 1.165) is 24.4 Å². The van der Waals surface area contributed by atoms with Crippen LogP contribution in [0.5, 0.6) is 0 Å². The topological polar surface area (TPSA) is 76.1 Å². The van der Waals surface area contributed by atoms with Crippen molar-refractivity contribution in [1.29, 1.82) is 0 Å². The van der Waals surface area contributed by atoms with Crippen molar-refractivity contribution in [3.05, 3.63) is 5.01 Å². The molecule has 7 heteroatoms. The van der Waals surface area contributed by atoms with Gasteiger partial charge in [-0.1, -0.05) is 11.3 Å². The molecule has 1 fully saturated rings. The van der Waals surface area contributed by atoms with E-state index in [1.54, 1.807) is 0 Å². The normalized spacial score (nSPS) is 19.9. The van der Waals surface area contributed by atoms with Gasteiger partial charge in [-0.05, 0) is 19.4 Å². The summed E-state index contributed by atoms with van der Waals surface area (Å²) in [5, 5.41) is 15.4. The van der Waals surface area contributed by atoms with E-state index < -0.39 is 0 Å². The molecule has 1 saturated heterocycles. The molecule has 1 unspecified atom stereocenters. The highest BCUT2D eigenvalue weighted by Gasteiger charge is 2.20. The van der Waals surface area contributed by atoms with E-state index in [2.05, 4.69) is 20.8 Å². The lowest BCUT2D eigenvalue weighted by molar-refractivity contribution is -0.119. The van der Waals surface area contributed by atoms with Crippen molar-refractivity contribution in [1.82, 2.24) is 15.5 Å². The van der Waals surface area contributed by atoms with Gasteiger partial charge < -0.3 is 10.1 Å². The molecule has 0 bridgehead atoms. The fourth-order valence-electron chi connectivity index (χ4n) is 1.61. The van der Waals surface area contributed by atoms with Crippen molar-refractivity contribution in [2.45, 2.75) is 18.9 Å². The molecule has 1 aliphatic rings. The molecule has 88 valence electrons. The molecule has 0 aliphatic carbocycles. The minimum Gasteiger partial charge on any atom is -0.375 e. The van der Waals surface area contributed by atoms with E-state index in [1.165, 1.54) is 18.4 Å². The standard InChI is InChI=1S/C9H14N4O2S/c1-15-5-7(14)11-9-13-12-8(16-9)6-3-2-4-10-6/h6,10H,2-5H2,1H3,(H,11,13,14). The lowest BCUT2D eigenvalue weighted by atomic mass is 10.2. The minimum atomic E-state index is -0.204. The van der Waals surface area contributed by atoms with Gasteiger partial charge in [-0.2, -0.15) is 0 Å². The molecule has 0 saturated carbocycles. The quantitative estimate of drug-likeness (QED) is 0.806. The van der Waals surface area contributed by atoms with Crippen LogP contribution in [0.1, 0.15) is 23.9 Å². The first kappa shape index (κ1) is 11.4. The Balaban J connectivity index is 1.93.